The number of pyridine rings is 1. The molecule has 0 amide bonds. The van der Waals surface area contributed by atoms with Crippen molar-refractivity contribution < 1.29 is 0 Å². The van der Waals surface area contributed by atoms with Crippen molar-refractivity contribution in [3.63, 3.8) is 0 Å². The molecule has 0 aliphatic heterocycles. The van der Waals surface area contributed by atoms with E-state index in [0.717, 1.165) is 11.3 Å². The van der Waals surface area contributed by atoms with Crippen molar-refractivity contribution in [2.45, 2.75) is 26.2 Å². The number of hydrogen-bond acceptors (Lipinski definition) is 3. The molecule has 0 saturated carbocycles. The summed E-state index contributed by atoms with van der Waals surface area (Å²) < 4.78 is 0. The molecule has 1 N–H and O–H groups in total. The fourth-order valence-corrected chi connectivity index (χ4v) is 1.85. The fourth-order valence-electron chi connectivity index (χ4n) is 1.85. The van der Waals surface area contributed by atoms with Crippen LogP contribution in [0.4, 0.5) is 0 Å². The Morgan fingerprint density at radius 1 is 1.37 bits per heavy atom. The fraction of sp³-hybridized carbons (Fsp3) is 0.267. The van der Waals surface area contributed by atoms with Gasteiger partial charge in [-0.05, 0) is 18.2 Å². The van der Waals surface area contributed by atoms with Gasteiger partial charge in [0.25, 0.3) is 0 Å². The van der Waals surface area contributed by atoms with Gasteiger partial charge in [-0.3, -0.25) is 10.1 Å². The van der Waals surface area contributed by atoms with Crippen molar-refractivity contribution in [1.29, 1.82) is 5.26 Å². The summed E-state index contributed by atoms with van der Waals surface area (Å²) in [6.07, 6.45) is 5.24. The van der Waals surface area contributed by atoms with Crippen LogP contribution in [0.3, 0.4) is 0 Å². The third-order valence-electron chi connectivity index (χ3n) is 2.78. The van der Waals surface area contributed by atoms with Crippen molar-refractivity contribution in [2.75, 3.05) is 0 Å². The molecule has 0 saturated heterocycles. The number of nitriles is 1. The van der Waals surface area contributed by atoms with E-state index in [2.05, 4.69) is 42.0 Å². The van der Waals surface area contributed by atoms with Crippen LogP contribution in [0.1, 0.15) is 37.7 Å². The summed E-state index contributed by atoms with van der Waals surface area (Å²) in [7, 11) is 0. The van der Waals surface area contributed by atoms with Crippen LogP contribution in [-0.4, -0.2) is 15.2 Å². The molecular weight excluding hydrogens is 236 g/mol. The minimum atomic E-state index is -0.0486. The molecule has 0 aliphatic rings. The van der Waals surface area contributed by atoms with E-state index in [1.807, 2.05) is 24.3 Å². The SMILES string of the molecule is CC(C)(C)c1[nH]ncc1/C=C(\C#N)c1ccccn1. The number of allylic oxidation sites excluding steroid dienone is 1. The Kier molecular flexibility index (Phi) is 3.48. The summed E-state index contributed by atoms with van der Waals surface area (Å²) in [6, 6.07) is 7.72. The highest BCUT2D eigenvalue weighted by molar-refractivity contribution is 5.88. The highest BCUT2D eigenvalue weighted by Gasteiger charge is 2.19. The molecule has 2 aromatic rings. The number of nitrogens with one attached hydrogen (secondary N) is 1. The van der Waals surface area contributed by atoms with Crippen molar-refractivity contribution in [1.82, 2.24) is 15.2 Å². The van der Waals surface area contributed by atoms with Crippen LogP contribution >= 0.6 is 0 Å². The van der Waals surface area contributed by atoms with Crippen LogP contribution in [0, 0.1) is 11.3 Å². The molecule has 4 nitrogen and oxygen atoms in total. The van der Waals surface area contributed by atoms with E-state index in [9.17, 15) is 5.26 Å². The highest BCUT2D eigenvalue weighted by Crippen LogP contribution is 2.26. The Bertz CT molecular complexity index is 624. The maximum atomic E-state index is 9.28. The minimum Gasteiger partial charge on any atom is -0.281 e. The molecule has 0 radical (unpaired) electrons. The Balaban J connectivity index is 2.46. The maximum absolute atomic E-state index is 9.28. The summed E-state index contributed by atoms with van der Waals surface area (Å²) in [5, 5.41) is 16.4. The van der Waals surface area contributed by atoms with Crippen molar-refractivity contribution in [2.24, 2.45) is 0 Å². The largest absolute Gasteiger partial charge is 0.281 e. The Labute approximate surface area is 112 Å². The Hall–Kier alpha value is -2.41. The molecule has 0 spiro atoms. The van der Waals surface area contributed by atoms with Crippen LogP contribution in [0.2, 0.25) is 0 Å². The van der Waals surface area contributed by atoms with Crippen LogP contribution < -0.4 is 0 Å². The van der Waals surface area contributed by atoms with Gasteiger partial charge >= 0.3 is 0 Å². The van der Waals surface area contributed by atoms with Crippen LogP contribution in [0.15, 0.2) is 30.6 Å². The van der Waals surface area contributed by atoms with Gasteiger partial charge in [0.1, 0.15) is 6.07 Å². The molecule has 0 fully saturated rings. The van der Waals surface area contributed by atoms with Gasteiger partial charge in [0, 0.05) is 22.9 Å². The lowest BCUT2D eigenvalue weighted by atomic mass is 9.89. The zero-order chi connectivity index (χ0) is 13.9. The first kappa shape index (κ1) is 13.0. The molecule has 0 unspecified atom stereocenters. The molecule has 96 valence electrons. The van der Waals surface area contributed by atoms with Crippen LogP contribution in [0.25, 0.3) is 11.6 Å². The van der Waals surface area contributed by atoms with Gasteiger partial charge in [-0.2, -0.15) is 10.4 Å². The number of aromatic amines is 1. The van der Waals surface area contributed by atoms with Gasteiger partial charge < -0.3 is 0 Å². The van der Waals surface area contributed by atoms with E-state index in [1.165, 1.54) is 0 Å². The minimum absolute atomic E-state index is 0.0486. The molecule has 0 aromatic carbocycles. The molecule has 2 rings (SSSR count). The number of hydrogen-bond donors (Lipinski definition) is 1. The molecular formula is C15H16N4. The van der Waals surface area contributed by atoms with Crippen LogP contribution in [-0.2, 0) is 5.41 Å². The van der Waals surface area contributed by atoms with Crippen molar-refractivity contribution in [3.8, 4) is 6.07 Å². The first-order chi connectivity index (χ1) is 9.02. The summed E-state index contributed by atoms with van der Waals surface area (Å²) in [6.45, 7) is 6.31. The first-order valence-electron chi connectivity index (χ1n) is 6.09. The molecule has 0 atom stereocenters. The molecule has 0 aliphatic carbocycles. The summed E-state index contributed by atoms with van der Waals surface area (Å²) >= 11 is 0. The van der Waals surface area contributed by atoms with Gasteiger partial charge in [-0.25, -0.2) is 0 Å². The average Bonchev–Trinajstić information content (AvgIpc) is 2.85. The van der Waals surface area contributed by atoms with Gasteiger partial charge in [0.15, 0.2) is 0 Å². The second-order valence-corrected chi connectivity index (χ2v) is 5.34. The smallest absolute Gasteiger partial charge is 0.101 e. The first-order valence-corrected chi connectivity index (χ1v) is 6.09. The van der Waals surface area contributed by atoms with E-state index in [-0.39, 0.29) is 5.41 Å². The van der Waals surface area contributed by atoms with E-state index in [1.54, 1.807) is 12.4 Å². The summed E-state index contributed by atoms with van der Waals surface area (Å²) in [5.74, 6) is 0. The Morgan fingerprint density at radius 2 is 2.16 bits per heavy atom. The lowest BCUT2D eigenvalue weighted by Gasteiger charge is -2.17. The van der Waals surface area contributed by atoms with Crippen molar-refractivity contribution >= 4 is 11.6 Å². The second-order valence-electron chi connectivity index (χ2n) is 5.34. The number of aromatic nitrogens is 3. The van der Waals surface area contributed by atoms with Gasteiger partial charge in [-0.15, -0.1) is 0 Å². The molecule has 0 bridgehead atoms. The molecule has 19 heavy (non-hydrogen) atoms. The van der Waals surface area contributed by atoms with Crippen LogP contribution in [0.5, 0.6) is 0 Å². The van der Waals surface area contributed by atoms with E-state index in [0.29, 0.717) is 11.3 Å². The predicted molar refractivity (Wildman–Crippen MR) is 75.0 cm³/mol. The third kappa shape index (κ3) is 2.89. The number of H-pyrrole nitrogens is 1. The van der Waals surface area contributed by atoms with Crippen molar-refractivity contribution in [3.05, 3.63) is 47.5 Å². The molecule has 2 aromatic heterocycles. The normalized spacial score (nSPS) is 12.2. The van der Waals surface area contributed by atoms with Gasteiger partial charge in [0.2, 0.25) is 0 Å². The quantitative estimate of drug-likeness (QED) is 0.835. The lowest BCUT2D eigenvalue weighted by molar-refractivity contribution is 0.566. The lowest BCUT2D eigenvalue weighted by Crippen LogP contribution is -2.13. The number of rotatable bonds is 2. The molecule has 2 heterocycles. The monoisotopic (exact) mass is 252 g/mol. The summed E-state index contributed by atoms with van der Waals surface area (Å²) in [4.78, 5) is 4.20. The zero-order valence-electron chi connectivity index (χ0n) is 11.3. The van der Waals surface area contributed by atoms with E-state index < -0.39 is 0 Å². The predicted octanol–water partition coefficient (Wildman–Crippen LogP) is 3.17. The van der Waals surface area contributed by atoms with Gasteiger partial charge in [-0.1, -0.05) is 26.8 Å². The topological polar surface area (TPSA) is 65.4 Å². The molecule has 4 heteroatoms. The average molecular weight is 252 g/mol. The van der Waals surface area contributed by atoms with Gasteiger partial charge in [0.05, 0.1) is 17.5 Å². The van der Waals surface area contributed by atoms with E-state index in [4.69, 9.17) is 0 Å². The second kappa shape index (κ2) is 5.07. The maximum Gasteiger partial charge on any atom is 0.101 e. The zero-order valence-corrected chi connectivity index (χ0v) is 11.3. The highest BCUT2D eigenvalue weighted by atomic mass is 15.1. The third-order valence-corrected chi connectivity index (χ3v) is 2.78. The number of nitrogens with zero attached hydrogens (tertiary/aromatic N) is 3. The summed E-state index contributed by atoms with van der Waals surface area (Å²) in [5.41, 5.74) is 3.09. The standard InChI is InChI=1S/C15H16N4/c1-15(2,3)14-12(10-18-19-14)8-11(9-16)13-6-4-5-7-17-13/h4-8,10H,1-3H3,(H,18,19)/b11-8+. The Morgan fingerprint density at radius 3 is 2.74 bits per heavy atom. The van der Waals surface area contributed by atoms with E-state index >= 15 is 0 Å².